The number of urea groups is 1. The second-order valence-corrected chi connectivity index (χ2v) is 4.58. The SMILES string of the molecule is O=C(Nc1cccc(F)c1C(=O)O)NN1CCCCC1. The Hall–Kier alpha value is -2.15. The zero-order chi connectivity index (χ0) is 14.5. The fourth-order valence-corrected chi connectivity index (χ4v) is 2.15. The molecule has 1 heterocycles. The molecule has 1 aliphatic rings. The standard InChI is InChI=1S/C13H16FN3O3/c14-9-5-4-6-10(11(9)12(18)19)15-13(20)16-17-7-2-1-3-8-17/h4-6H,1-3,7-8H2,(H,18,19)(H2,15,16,20). The van der Waals surface area contributed by atoms with E-state index in [0.29, 0.717) is 0 Å². The molecule has 1 fully saturated rings. The highest BCUT2D eigenvalue weighted by Crippen LogP contribution is 2.19. The predicted molar refractivity (Wildman–Crippen MR) is 70.9 cm³/mol. The van der Waals surface area contributed by atoms with Gasteiger partial charge in [-0.05, 0) is 25.0 Å². The van der Waals surface area contributed by atoms with Crippen molar-refractivity contribution in [2.75, 3.05) is 18.4 Å². The van der Waals surface area contributed by atoms with Gasteiger partial charge in [0.2, 0.25) is 0 Å². The van der Waals surface area contributed by atoms with Gasteiger partial charge in [0.25, 0.3) is 0 Å². The number of nitrogens with zero attached hydrogens (tertiary/aromatic N) is 1. The van der Waals surface area contributed by atoms with Crippen molar-refractivity contribution in [1.82, 2.24) is 10.4 Å². The Balaban J connectivity index is 2.04. The van der Waals surface area contributed by atoms with Crippen LogP contribution in [0.4, 0.5) is 14.9 Å². The Morgan fingerprint density at radius 2 is 1.90 bits per heavy atom. The van der Waals surface area contributed by atoms with E-state index in [1.54, 1.807) is 5.01 Å². The monoisotopic (exact) mass is 281 g/mol. The summed E-state index contributed by atoms with van der Waals surface area (Å²) in [6.45, 7) is 1.50. The predicted octanol–water partition coefficient (Wildman–Crippen LogP) is 2.05. The van der Waals surface area contributed by atoms with Gasteiger partial charge in [0.05, 0.1) is 5.69 Å². The van der Waals surface area contributed by atoms with E-state index in [1.807, 2.05) is 0 Å². The van der Waals surface area contributed by atoms with Crippen LogP contribution in [-0.4, -0.2) is 35.2 Å². The highest BCUT2D eigenvalue weighted by molar-refractivity contribution is 6.00. The van der Waals surface area contributed by atoms with Gasteiger partial charge in [0, 0.05) is 13.1 Å². The van der Waals surface area contributed by atoms with Gasteiger partial charge < -0.3 is 10.4 Å². The van der Waals surface area contributed by atoms with E-state index in [9.17, 15) is 14.0 Å². The number of hydrogen-bond acceptors (Lipinski definition) is 3. The number of carboxylic acid groups (broad SMARTS) is 1. The van der Waals surface area contributed by atoms with Crippen LogP contribution in [0.5, 0.6) is 0 Å². The maximum Gasteiger partial charge on any atom is 0.340 e. The average Bonchev–Trinajstić information content (AvgIpc) is 2.39. The third-order valence-electron chi connectivity index (χ3n) is 3.09. The molecule has 2 amide bonds. The zero-order valence-corrected chi connectivity index (χ0v) is 10.9. The van der Waals surface area contributed by atoms with Gasteiger partial charge >= 0.3 is 12.0 Å². The summed E-state index contributed by atoms with van der Waals surface area (Å²) >= 11 is 0. The van der Waals surface area contributed by atoms with E-state index < -0.39 is 23.4 Å². The Labute approximate surface area is 115 Å². The van der Waals surface area contributed by atoms with Crippen LogP contribution < -0.4 is 10.7 Å². The number of carbonyl (C=O) groups is 2. The lowest BCUT2D eigenvalue weighted by molar-refractivity contribution is 0.0693. The molecule has 7 heteroatoms. The number of carboxylic acids is 1. The van der Waals surface area contributed by atoms with Crippen LogP contribution in [0.1, 0.15) is 29.6 Å². The molecule has 2 rings (SSSR count). The van der Waals surface area contributed by atoms with Crippen LogP contribution in [0, 0.1) is 5.82 Å². The minimum Gasteiger partial charge on any atom is -0.478 e. The minimum absolute atomic E-state index is 0.0630. The highest BCUT2D eigenvalue weighted by atomic mass is 19.1. The fraction of sp³-hybridized carbons (Fsp3) is 0.385. The van der Waals surface area contributed by atoms with E-state index in [4.69, 9.17) is 5.11 Å². The Morgan fingerprint density at radius 3 is 2.55 bits per heavy atom. The van der Waals surface area contributed by atoms with Crippen molar-refractivity contribution < 1.29 is 19.1 Å². The summed E-state index contributed by atoms with van der Waals surface area (Å²) in [4.78, 5) is 22.8. The molecular weight excluding hydrogens is 265 g/mol. The molecule has 0 radical (unpaired) electrons. The van der Waals surface area contributed by atoms with Gasteiger partial charge in [-0.15, -0.1) is 0 Å². The number of aromatic carboxylic acids is 1. The lowest BCUT2D eigenvalue weighted by atomic mass is 10.1. The summed E-state index contributed by atoms with van der Waals surface area (Å²) in [5, 5.41) is 13.1. The van der Waals surface area contributed by atoms with Crippen LogP contribution in [0.2, 0.25) is 0 Å². The summed E-state index contributed by atoms with van der Waals surface area (Å²) in [7, 11) is 0. The second-order valence-electron chi connectivity index (χ2n) is 4.58. The summed E-state index contributed by atoms with van der Waals surface area (Å²) in [6.07, 6.45) is 3.13. The van der Waals surface area contributed by atoms with Crippen molar-refractivity contribution in [3.63, 3.8) is 0 Å². The summed E-state index contributed by atoms with van der Waals surface area (Å²) < 4.78 is 13.4. The van der Waals surface area contributed by atoms with Crippen molar-refractivity contribution >= 4 is 17.7 Å². The van der Waals surface area contributed by atoms with Crippen LogP contribution in [0.25, 0.3) is 0 Å². The first kappa shape index (κ1) is 14.3. The van der Waals surface area contributed by atoms with Gasteiger partial charge in [0.1, 0.15) is 11.4 Å². The topological polar surface area (TPSA) is 81.7 Å². The molecule has 6 nitrogen and oxygen atoms in total. The molecule has 0 atom stereocenters. The normalized spacial score (nSPS) is 15.7. The lowest BCUT2D eigenvalue weighted by Crippen LogP contribution is -2.46. The molecule has 0 aliphatic carbocycles. The summed E-state index contributed by atoms with van der Waals surface area (Å²) in [6, 6.07) is 3.16. The first-order valence-electron chi connectivity index (χ1n) is 6.42. The fourth-order valence-electron chi connectivity index (χ4n) is 2.15. The quantitative estimate of drug-likeness (QED) is 0.792. The van der Waals surface area contributed by atoms with Gasteiger partial charge in [-0.3, -0.25) is 5.43 Å². The molecule has 108 valence electrons. The molecule has 0 saturated carbocycles. The van der Waals surface area contributed by atoms with Gasteiger partial charge in [0.15, 0.2) is 0 Å². The Bertz CT molecular complexity index is 516. The third-order valence-corrected chi connectivity index (χ3v) is 3.09. The molecule has 1 aliphatic heterocycles. The number of benzene rings is 1. The molecule has 1 aromatic rings. The molecule has 1 aromatic carbocycles. The smallest absolute Gasteiger partial charge is 0.340 e. The molecule has 0 spiro atoms. The molecular formula is C13H16FN3O3. The molecule has 1 saturated heterocycles. The number of nitrogens with one attached hydrogen (secondary N) is 2. The van der Waals surface area contributed by atoms with E-state index in [1.165, 1.54) is 12.1 Å². The molecule has 20 heavy (non-hydrogen) atoms. The number of halogens is 1. The first-order valence-corrected chi connectivity index (χ1v) is 6.42. The van der Waals surface area contributed by atoms with Crippen LogP contribution in [-0.2, 0) is 0 Å². The number of hydrogen-bond donors (Lipinski definition) is 3. The van der Waals surface area contributed by atoms with Crippen molar-refractivity contribution in [3.05, 3.63) is 29.6 Å². The average molecular weight is 281 g/mol. The largest absolute Gasteiger partial charge is 0.478 e. The van der Waals surface area contributed by atoms with Crippen molar-refractivity contribution in [2.45, 2.75) is 19.3 Å². The molecule has 0 aromatic heterocycles. The molecule has 3 N–H and O–H groups in total. The Kier molecular flexibility index (Phi) is 4.52. The van der Waals surface area contributed by atoms with E-state index in [0.717, 1.165) is 38.4 Å². The number of carbonyl (C=O) groups excluding carboxylic acids is 1. The maximum atomic E-state index is 13.4. The third kappa shape index (κ3) is 3.45. The van der Waals surface area contributed by atoms with Crippen molar-refractivity contribution in [3.8, 4) is 0 Å². The van der Waals surface area contributed by atoms with E-state index >= 15 is 0 Å². The summed E-state index contributed by atoms with van der Waals surface area (Å²) in [5.41, 5.74) is 2.02. The van der Waals surface area contributed by atoms with Gasteiger partial charge in [-0.2, -0.15) is 0 Å². The highest BCUT2D eigenvalue weighted by Gasteiger charge is 2.18. The zero-order valence-electron chi connectivity index (χ0n) is 10.9. The van der Waals surface area contributed by atoms with Gasteiger partial charge in [-0.25, -0.2) is 19.0 Å². The Morgan fingerprint density at radius 1 is 1.20 bits per heavy atom. The number of anilines is 1. The van der Waals surface area contributed by atoms with Crippen LogP contribution in [0.3, 0.4) is 0 Å². The number of hydrazine groups is 1. The van der Waals surface area contributed by atoms with Crippen LogP contribution in [0.15, 0.2) is 18.2 Å². The van der Waals surface area contributed by atoms with E-state index in [2.05, 4.69) is 10.7 Å². The van der Waals surface area contributed by atoms with E-state index in [-0.39, 0.29) is 5.69 Å². The number of amides is 2. The van der Waals surface area contributed by atoms with Gasteiger partial charge in [-0.1, -0.05) is 12.5 Å². The first-order chi connectivity index (χ1) is 9.58. The number of piperidine rings is 1. The molecule has 0 bridgehead atoms. The minimum atomic E-state index is -1.42. The summed E-state index contributed by atoms with van der Waals surface area (Å²) in [5.74, 6) is -2.30. The van der Waals surface area contributed by atoms with Crippen LogP contribution >= 0.6 is 0 Å². The second kappa shape index (κ2) is 6.33. The van der Waals surface area contributed by atoms with Crippen molar-refractivity contribution in [2.24, 2.45) is 0 Å². The number of rotatable bonds is 3. The lowest BCUT2D eigenvalue weighted by Gasteiger charge is -2.26. The molecule has 0 unspecified atom stereocenters. The maximum absolute atomic E-state index is 13.4. The van der Waals surface area contributed by atoms with Crippen molar-refractivity contribution in [1.29, 1.82) is 0 Å².